The maximum Gasteiger partial charge on any atom is 0.238 e. The highest BCUT2D eigenvalue weighted by atomic mass is 16.5. The lowest BCUT2D eigenvalue weighted by Gasteiger charge is -2.30. The first kappa shape index (κ1) is 14.4. The first-order chi connectivity index (χ1) is 10.2. The minimum absolute atomic E-state index is 0.00956. The van der Waals surface area contributed by atoms with E-state index in [1.54, 1.807) is 0 Å². The second kappa shape index (κ2) is 6.03. The third kappa shape index (κ3) is 2.89. The van der Waals surface area contributed by atoms with Crippen LogP contribution in [0.15, 0.2) is 24.3 Å². The van der Waals surface area contributed by atoms with Crippen LogP contribution in [-0.4, -0.2) is 55.0 Å². The van der Waals surface area contributed by atoms with E-state index in [0.717, 1.165) is 30.8 Å². The summed E-state index contributed by atoms with van der Waals surface area (Å²) in [6.07, 6.45) is 1.04. The molecule has 1 aromatic carbocycles. The number of nitrogens with zero attached hydrogens (tertiary/aromatic N) is 2. The predicted octanol–water partition coefficient (Wildman–Crippen LogP) is 1.22. The number of rotatable bonds is 4. The lowest BCUT2D eigenvalue weighted by molar-refractivity contribution is -0.130. The van der Waals surface area contributed by atoms with Gasteiger partial charge in [0.15, 0.2) is 0 Å². The van der Waals surface area contributed by atoms with Crippen LogP contribution in [0, 0.1) is 0 Å². The molecule has 0 aromatic heterocycles. The quantitative estimate of drug-likeness (QED) is 0.905. The molecule has 3 rings (SSSR count). The molecule has 0 radical (unpaired) electrons. The molecule has 5 nitrogen and oxygen atoms in total. The predicted molar refractivity (Wildman–Crippen MR) is 81.1 cm³/mol. The number of carbonyl (C=O) groups is 1. The number of amides is 1. The van der Waals surface area contributed by atoms with Gasteiger partial charge in [-0.3, -0.25) is 10.1 Å². The Morgan fingerprint density at radius 3 is 2.71 bits per heavy atom. The minimum Gasteiger partial charge on any atom is -0.494 e. The van der Waals surface area contributed by atoms with Crippen LogP contribution in [0.1, 0.15) is 25.1 Å². The lowest BCUT2D eigenvalue weighted by atomic mass is 10.1. The van der Waals surface area contributed by atoms with Crippen molar-refractivity contribution >= 4 is 5.91 Å². The van der Waals surface area contributed by atoms with Crippen LogP contribution in [0.3, 0.4) is 0 Å². The third-order valence-electron chi connectivity index (χ3n) is 4.28. The highest BCUT2D eigenvalue weighted by Crippen LogP contribution is 2.29. The molecular weight excluding hydrogens is 266 g/mol. The van der Waals surface area contributed by atoms with Gasteiger partial charge in [-0.1, -0.05) is 12.1 Å². The Labute approximate surface area is 125 Å². The van der Waals surface area contributed by atoms with Gasteiger partial charge in [0, 0.05) is 12.6 Å². The van der Waals surface area contributed by atoms with Crippen LogP contribution in [0.25, 0.3) is 0 Å². The fourth-order valence-electron chi connectivity index (χ4n) is 3.26. The van der Waals surface area contributed by atoms with Crippen molar-refractivity contribution in [3.63, 3.8) is 0 Å². The number of carbonyl (C=O) groups excluding carboxylic acids is 1. The third-order valence-corrected chi connectivity index (χ3v) is 4.28. The molecule has 2 aliphatic rings. The molecular formula is C16H23N3O2. The van der Waals surface area contributed by atoms with Crippen molar-refractivity contribution in [2.75, 3.05) is 33.3 Å². The Balaban J connectivity index is 1.78. The van der Waals surface area contributed by atoms with Gasteiger partial charge in [-0.15, -0.1) is 0 Å². The van der Waals surface area contributed by atoms with Crippen molar-refractivity contribution in [1.82, 2.24) is 15.1 Å². The molecule has 2 unspecified atom stereocenters. The van der Waals surface area contributed by atoms with E-state index in [0.29, 0.717) is 19.2 Å². The Hall–Kier alpha value is -1.59. The molecule has 0 aliphatic carbocycles. The van der Waals surface area contributed by atoms with E-state index in [-0.39, 0.29) is 12.1 Å². The number of nitrogens with one attached hydrogen (secondary N) is 1. The van der Waals surface area contributed by atoms with Gasteiger partial charge < -0.3 is 14.5 Å². The number of likely N-dealkylation sites (tertiary alicyclic amines) is 1. The topological polar surface area (TPSA) is 44.8 Å². The first-order valence-corrected chi connectivity index (χ1v) is 7.65. The van der Waals surface area contributed by atoms with Crippen LogP contribution in [-0.2, 0) is 4.79 Å². The van der Waals surface area contributed by atoms with Gasteiger partial charge in [0.25, 0.3) is 0 Å². The van der Waals surface area contributed by atoms with Crippen LogP contribution >= 0.6 is 0 Å². The van der Waals surface area contributed by atoms with Crippen molar-refractivity contribution in [3.8, 4) is 5.75 Å². The first-order valence-electron chi connectivity index (χ1n) is 7.65. The van der Waals surface area contributed by atoms with E-state index in [1.165, 1.54) is 0 Å². The van der Waals surface area contributed by atoms with E-state index in [2.05, 4.69) is 17.3 Å². The van der Waals surface area contributed by atoms with Crippen molar-refractivity contribution in [1.29, 1.82) is 0 Å². The maximum absolute atomic E-state index is 12.2. The Morgan fingerprint density at radius 2 is 2.10 bits per heavy atom. The molecule has 5 heteroatoms. The highest BCUT2D eigenvalue weighted by Gasteiger charge is 2.38. The molecule has 1 aromatic rings. The Bertz CT molecular complexity index is 503. The number of ether oxygens (including phenoxy) is 1. The molecule has 0 bridgehead atoms. The van der Waals surface area contributed by atoms with E-state index < -0.39 is 0 Å². The number of likely N-dealkylation sites (N-methyl/N-ethyl adjacent to an activating group) is 1. The lowest BCUT2D eigenvalue weighted by Crippen LogP contribution is -2.41. The molecule has 0 spiro atoms. The second-order valence-electron chi connectivity index (χ2n) is 5.79. The molecule has 114 valence electrons. The summed E-state index contributed by atoms with van der Waals surface area (Å²) in [7, 11) is 2.11. The molecule has 2 aliphatic heterocycles. The summed E-state index contributed by atoms with van der Waals surface area (Å²) >= 11 is 0. The van der Waals surface area contributed by atoms with Crippen molar-refractivity contribution in [3.05, 3.63) is 29.8 Å². The molecule has 1 amide bonds. The summed E-state index contributed by atoms with van der Waals surface area (Å²) in [5.41, 5.74) is 1.12. The number of hydrogen-bond acceptors (Lipinski definition) is 4. The molecule has 1 N–H and O–H groups in total. The van der Waals surface area contributed by atoms with E-state index in [9.17, 15) is 4.79 Å². The zero-order valence-electron chi connectivity index (χ0n) is 12.7. The largest absolute Gasteiger partial charge is 0.494 e. The Kier molecular flexibility index (Phi) is 4.12. The van der Waals surface area contributed by atoms with Gasteiger partial charge in [-0.2, -0.15) is 0 Å². The van der Waals surface area contributed by atoms with Gasteiger partial charge in [0.2, 0.25) is 5.91 Å². The zero-order valence-corrected chi connectivity index (χ0v) is 12.7. The van der Waals surface area contributed by atoms with Crippen LogP contribution in [0.2, 0.25) is 0 Å². The molecule has 21 heavy (non-hydrogen) atoms. The average Bonchev–Trinajstić information content (AvgIpc) is 3.06. The summed E-state index contributed by atoms with van der Waals surface area (Å²) < 4.78 is 5.48. The summed E-state index contributed by atoms with van der Waals surface area (Å²) in [6, 6.07) is 8.36. The van der Waals surface area contributed by atoms with E-state index in [4.69, 9.17) is 4.74 Å². The van der Waals surface area contributed by atoms with Crippen LogP contribution < -0.4 is 10.1 Å². The zero-order chi connectivity index (χ0) is 14.8. The smallest absolute Gasteiger partial charge is 0.238 e. The molecule has 2 fully saturated rings. The van der Waals surface area contributed by atoms with Crippen molar-refractivity contribution in [2.45, 2.75) is 25.6 Å². The van der Waals surface area contributed by atoms with Crippen LogP contribution in [0.4, 0.5) is 0 Å². The number of hydrogen-bond donors (Lipinski definition) is 1. The van der Waals surface area contributed by atoms with Gasteiger partial charge in [0.05, 0.1) is 13.2 Å². The normalized spacial score (nSPS) is 26.6. The van der Waals surface area contributed by atoms with Crippen LogP contribution in [0.5, 0.6) is 5.75 Å². The highest BCUT2D eigenvalue weighted by molar-refractivity contribution is 5.81. The summed E-state index contributed by atoms with van der Waals surface area (Å²) in [6.45, 7) is 5.09. The fraction of sp³-hybridized carbons (Fsp3) is 0.562. The van der Waals surface area contributed by atoms with Gasteiger partial charge >= 0.3 is 0 Å². The summed E-state index contributed by atoms with van der Waals surface area (Å²) in [5.74, 6) is 1.08. The SMILES string of the molecule is CCOc1ccc(C2NCC(=O)N2C2CCN(C)C2)cc1. The van der Waals surface area contributed by atoms with E-state index >= 15 is 0 Å². The minimum atomic E-state index is -0.00956. The van der Waals surface area contributed by atoms with Crippen molar-refractivity contribution in [2.24, 2.45) is 0 Å². The summed E-state index contributed by atoms with van der Waals surface area (Å²) in [4.78, 5) is 16.6. The average molecular weight is 289 g/mol. The van der Waals surface area contributed by atoms with Crippen molar-refractivity contribution < 1.29 is 9.53 Å². The Morgan fingerprint density at radius 1 is 1.33 bits per heavy atom. The monoisotopic (exact) mass is 289 g/mol. The van der Waals surface area contributed by atoms with Gasteiger partial charge in [-0.25, -0.2) is 0 Å². The van der Waals surface area contributed by atoms with E-state index in [1.807, 2.05) is 36.1 Å². The maximum atomic E-state index is 12.2. The second-order valence-corrected chi connectivity index (χ2v) is 5.79. The molecule has 0 saturated carbocycles. The summed E-state index contributed by atoms with van der Waals surface area (Å²) in [5, 5.41) is 3.33. The van der Waals surface area contributed by atoms with Gasteiger partial charge in [-0.05, 0) is 44.6 Å². The molecule has 2 heterocycles. The van der Waals surface area contributed by atoms with Gasteiger partial charge in [0.1, 0.15) is 11.9 Å². The fourth-order valence-corrected chi connectivity index (χ4v) is 3.26. The number of benzene rings is 1. The molecule has 2 saturated heterocycles. The standard InChI is InChI=1S/C16H23N3O2/c1-3-21-14-6-4-12(5-7-14)16-17-10-15(20)19(16)13-8-9-18(2)11-13/h4-7,13,16-17H,3,8-11H2,1-2H3. The molecule has 2 atom stereocenters.